The molecule has 0 spiro atoms. The fourth-order valence-corrected chi connectivity index (χ4v) is 8.54. The summed E-state index contributed by atoms with van der Waals surface area (Å²) in [6, 6.07) is 9.10. The monoisotopic (exact) mass is 859 g/mol. The van der Waals surface area contributed by atoms with Crippen molar-refractivity contribution in [3.63, 3.8) is 0 Å². The summed E-state index contributed by atoms with van der Waals surface area (Å²) in [5.74, 6) is -3.91. The number of fused-ring (bicyclic) bond motifs is 3. The van der Waals surface area contributed by atoms with Crippen molar-refractivity contribution in [2.75, 3.05) is 13.7 Å². The smallest absolute Gasteiger partial charge is 0.412 e. The highest BCUT2D eigenvalue weighted by Gasteiger charge is 2.50. The van der Waals surface area contributed by atoms with Crippen LogP contribution in [0, 0.1) is 0 Å². The standard InChI is InChI=1S/C44H49N3O15/c1-21-37(50)28(47-42(55)59-20-22-12-14-23(15-13-22)61-43(56)46-27-10-6-4-3-5-9-26(27)45)16-32(60-21)62-30-18-44(57,31(49)19-48)17-25-34(30)41(54)36-35(39(25)52)38(51)24-8-7-11-29(58-2)33(24)40(36)53/h3-4,7-8,11-15,21,26-28,30,32,37,48,50,52,54,57H,5-6,9-10,16-20,45H2,1-2H3,(H,46,56)(H,47,55)/t21?,26-,27+,28+,30-,32-,37+,44-/m0/s1. The quantitative estimate of drug-likeness (QED) is 0.0841. The van der Waals surface area contributed by atoms with E-state index >= 15 is 0 Å². The number of benzene rings is 3. The molecule has 1 unspecified atom stereocenters. The number of carbonyl (C=O) groups is 5. The van der Waals surface area contributed by atoms with Gasteiger partial charge in [-0.3, -0.25) is 14.4 Å². The predicted molar refractivity (Wildman–Crippen MR) is 216 cm³/mol. The van der Waals surface area contributed by atoms with Gasteiger partial charge in [0.15, 0.2) is 17.9 Å². The van der Waals surface area contributed by atoms with Crippen LogP contribution in [0.25, 0.3) is 0 Å². The van der Waals surface area contributed by atoms with Crippen molar-refractivity contribution in [1.82, 2.24) is 10.6 Å². The normalized spacial score (nSPS) is 26.8. The summed E-state index contributed by atoms with van der Waals surface area (Å²) in [5.41, 5.74) is 2.61. The summed E-state index contributed by atoms with van der Waals surface area (Å²) in [5, 5.41) is 61.2. The minimum Gasteiger partial charge on any atom is -0.507 e. The number of aliphatic hydroxyl groups excluding tert-OH is 2. The molecule has 18 nitrogen and oxygen atoms in total. The Balaban J connectivity index is 1.04. The van der Waals surface area contributed by atoms with Gasteiger partial charge in [-0.05, 0) is 56.4 Å². The van der Waals surface area contributed by atoms with Crippen molar-refractivity contribution in [2.45, 2.75) is 107 Å². The van der Waals surface area contributed by atoms with Crippen LogP contribution in [0.4, 0.5) is 9.59 Å². The minimum absolute atomic E-state index is 0.0486. The number of aliphatic hydroxyl groups is 3. The van der Waals surface area contributed by atoms with Gasteiger partial charge < -0.3 is 65.6 Å². The number of methoxy groups -OCH3 is 1. The lowest BCUT2D eigenvalue weighted by Gasteiger charge is -2.42. The van der Waals surface area contributed by atoms with Crippen LogP contribution in [0.3, 0.4) is 0 Å². The number of ketones is 3. The van der Waals surface area contributed by atoms with Crippen molar-refractivity contribution in [3.8, 4) is 23.0 Å². The molecule has 4 aliphatic rings. The van der Waals surface area contributed by atoms with Gasteiger partial charge in [-0.15, -0.1) is 0 Å². The second-order valence-electron chi connectivity index (χ2n) is 15.9. The van der Waals surface area contributed by atoms with Crippen LogP contribution in [0.15, 0.2) is 54.6 Å². The van der Waals surface area contributed by atoms with Crippen LogP contribution >= 0.6 is 0 Å². The molecular formula is C44H49N3O15. The topological polar surface area (TPSA) is 283 Å². The van der Waals surface area contributed by atoms with Gasteiger partial charge in [0.05, 0.1) is 42.0 Å². The maximum atomic E-state index is 14.0. The van der Waals surface area contributed by atoms with E-state index in [1.165, 1.54) is 44.4 Å². The van der Waals surface area contributed by atoms with Gasteiger partial charge in [0, 0.05) is 48.0 Å². The summed E-state index contributed by atoms with van der Waals surface area (Å²) >= 11 is 0. The molecule has 2 amide bonds. The minimum atomic E-state index is -2.37. The molecule has 1 aliphatic heterocycles. The second-order valence-corrected chi connectivity index (χ2v) is 15.9. The molecule has 0 radical (unpaired) electrons. The predicted octanol–water partition coefficient (Wildman–Crippen LogP) is 2.88. The molecule has 1 saturated heterocycles. The molecule has 62 heavy (non-hydrogen) atoms. The lowest BCUT2D eigenvalue weighted by atomic mass is 9.72. The number of Topliss-reactive ketones (excluding diaryl/α,β-unsaturated/α-hetero) is 1. The van der Waals surface area contributed by atoms with E-state index < -0.39 is 108 Å². The molecule has 1 heterocycles. The maximum absolute atomic E-state index is 14.0. The third-order valence-electron chi connectivity index (χ3n) is 11.9. The Kier molecular flexibility index (Phi) is 13.0. The molecule has 330 valence electrons. The number of allylic oxidation sites excluding steroid dienone is 2. The van der Waals surface area contributed by atoms with Crippen LogP contribution in [0.2, 0.25) is 0 Å². The fraction of sp³-hybridized carbons (Fsp3) is 0.432. The summed E-state index contributed by atoms with van der Waals surface area (Å²) in [4.78, 5) is 66.3. The van der Waals surface area contributed by atoms with E-state index in [0.29, 0.717) is 12.0 Å². The zero-order valence-electron chi connectivity index (χ0n) is 34.0. The Morgan fingerprint density at radius 3 is 2.32 bits per heavy atom. The van der Waals surface area contributed by atoms with E-state index in [4.69, 9.17) is 29.4 Å². The molecule has 7 rings (SSSR count). The van der Waals surface area contributed by atoms with Gasteiger partial charge in [-0.2, -0.15) is 0 Å². The van der Waals surface area contributed by atoms with Gasteiger partial charge in [0.25, 0.3) is 0 Å². The first-order valence-electron chi connectivity index (χ1n) is 20.3. The first kappa shape index (κ1) is 44.2. The van der Waals surface area contributed by atoms with E-state index in [1.807, 2.05) is 0 Å². The largest absolute Gasteiger partial charge is 0.507 e. The van der Waals surface area contributed by atoms with Crippen LogP contribution in [0.1, 0.15) is 100 Å². The number of amides is 2. The average Bonchev–Trinajstić information content (AvgIpc) is 3.24. The van der Waals surface area contributed by atoms with Crippen molar-refractivity contribution in [1.29, 1.82) is 0 Å². The summed E-state index contributed by atoms with van der Waals surface area (Å²) in [6.45, 7) is 0.211. The van der Waals surface area contributed by atoms with Crippen LogP contribution in [-0.2, 0) is 32.0 Å². The van der Waals surface area contributed by atoms with Crippen molar-refractivity contribution >= 4 is 29.5 Å². The number of phenolic OH excluding ortho intramolecular Hbond substituents is 2. The zero-order valence-corrected chi connectivity index (χ0v) is 34.0. The highest BCUT2D eigenvalue weighted by Crippen LogP contribution is 2.52. The SMILES string of the molecule is COc1cccc2c1C(=O)c1c(O)c3c(c(O)c1C2=O)C[C@@](O)(C(=O)CO)C[C@@H]3O[C@H]1C[C@@H](NC(=O)OCc2ccc(OC(=O)N[C@@H]3CCC=CCC[C@@H]3N)cc2)[C@H](O)C(C)O1. The van der Waals surface area contributed by atoms with E-state index in [2.05, 4.69) is 22.8 Å². The Bertz CT molecular complexity index is 2280. The zero-order chi connectivity index (χ0) is 44.5. The molecule has 8 atom stereocenters. The Morgan fingerprint density at radius 2 is 1.61 bits per heavy atom. The molecule has 3 aliphatic carbocycles. The van der Waals surface area contributed by atoms with E-state index in [0.717, 1.165) is 19.3 Å². The van der Waals surface area contributed by atoms with Crippen molar-refractivity contribution in [3.05, 3.63) is 93.6 Å². The fourth-order valence-electron chi connectivity index (χ4n) is 8.54. The number of carbonyl (C=O) groups excluding carboxylic acids is 5. The van der Waals surface area contributed by atoms with Crippen LogP contribution < -0.4 is 25.8 Å². The van der Waals surface area contributed by atoms with Gasteiger partial charge in [-0.25, -0.2) is 9.59 Å². The third-order valence-corrected chi connectivity index (χ3v) is 11.9. The Labute approximate surface area is 355 Å². The van der Waals surface area contributed by atoms with Gasteiger partial charge in [0.2, 0.25) is 5.78 Å². The number of hydrogen-bond donors (Lipinski definition) is 8. The number of hydrogen-bond acceptors (Lipinski definition) is 16. The van der Waals surface area contributed by atoms with Crippen molar-refractivity contribution < 1.29 is 73.2 Å². The number of alkyl carbamates (subject to hydrolysis) is 1. The molecule has 3 aromatic carbocycles. The first-order chi connectivity index (χ1) is 29.6. The van der Waals surface area contributed by atoms with Gasteiger partial charge in [0.1, 0.15) is 47.9 Å². The molecule has 0 bridgehead atoms. The molecule has 3 aromatic rings. The highest BCUT2D eigenvalue weighted by atomic mass is 16.7. The molecular weight excluding hydrogens is 810 g/mol. The highest BCUT2D eigenvalue weighted by molar-refractivity contribution is 6.31. The molecule has 1 fully saturated rings. The van der Waals surface area contributed by atoms with E-state index in [-0.39, 0.29) is 58.9 Å². The second kappa shape index (κ2) is 18.2. The maximum Gasteiger partial charge on any atom is 0.412 e. The number of aromatic hydroxyl groups is 2. The summed E-state index contributed by atoms with van der Waals surface area (Å²) < 4.78 is 28.3. The summed E-state index contributed by atoms with van der Waals surface area (Å²) in [6.07, 6.45) is -0.882. The molecule has 18 heteroatoms. The van der Waals surface area contributed by atoms with E-state index in [1.54, 1.807) is 12.1 Å². The number of ether oxygens (including phenoxy) is 5. The number of nitrogens with one attached hydrogen (secondary N) is 2. The third kappa shape index (κ3) is 8.74. The van der Waals surface area contributed by atoms with Gasteiger partial charge in [-0.1, -0.05) is 36.4 Å². The number of rotatable bonds is 10. The number of nitrogens with two attached hydrogens (primary N) is 1. The van der Waals surface area contributed by atoms with Gasteiger partial charge >= 0.3 is 12.2 Å². The first-order valence-corrected chi connectivity index (χ1v) is 20.3. The number of phenols is 2. The Hall–Kier alpha value is -5.89. The van der Waals surface area contributed by atoms with E-state index in [9.17, 15) is 49.5 Å². The van der Waals surface area contributed by atoms with Crippen molar-refractivity contribution in [2.24, 2.45) is 5.73 Å². The lowest BCUT2D eigenvalue weighted by Crippen LogP contribution is -2.56. The molecule has 9 N–H and O–H groups in total. The summed E-state index contributed by atoms with van der Waals surface area (Å²) in [7, 11) is 1.30. The molecule has 0 saturated carbocycles. The molecule has 0 aromatic heterocycles. The van der Waals surface area contributed by atoms with Crippen LogP contribution in [-0.4, -0.2) is 111 Å². The Morgan fingerprint density at radius 1 is 0.919 bits per heavy atom. The average molecular weight is 860 g/mol. The van der Waals surface area contributed by atoms with Crippen LogP contribution in [0.5, 0.6) is 23.0 Å². The lowest BCUT2D eigenvalue weighted by molar-refractivity contribution is -0.249.